The van der Waals surface area contributed by atoms with Gasteiger partial charge in [0.2, 0.25) is 0 Å². The quantitative estimate of drug-likeness (QED) is 0.837. The molecule has 0 spiro atoms. The lowest BCUT2D eigenvalue weighted by atomic mass is 10.0. The van der Waals surface area contributed by atoms with Crippen molar-refractivity contribution in [2.75, 3.05) is 5.75 Å². The number of rotatable bonds is 3. The smallest absolute Gasteiger partial charge is 0.313 e. The Morgan fingerprint density at radius 2 is 2.47 bits per heavy atom. The number of thiophene rings is 1. The Morgan fingerprint density at radius 1 is 1.59 bits per heavy atom. The van der Waals surface area contributed by atoms with E-state index in [0.717, 1.165) is 24.2 Å². The third-order valence-electron chi connectivity index (χ3n) is 2.69. The second kappa shape index (κ2) is 4.19. The summed E-state index contributed by atoms with van der Waals surface area (Å²) in [6.07, 6.45) is 2.01. The fourth-order valence-electron chi connectivity index (χ4n) is 1.97. The van der Waals surface area contributed by atoms with Crippen LogP contribution in [0.3, 0.4) is 0 Å². The third kappa shape index (κ3) is 1.98. The summed E-state index contributed by atoms with van der Waals surface area (Å²) in [5.41, 5.74) is 3.33. The average molecular weight is 266 g/mol. The van der Waals surface area contributed by atoms with Crippen molar-refractivity contribution < 1.29 is 9.90 Å². The summed E-state index contributed by atoms with van der Waals surface area (Å²) in [5.74, 6) is -0.774. The Bertz CT molecular complexity index is 574. The molecule has 0 unspecified atom stereocenters. The molecule has 88 valence electrons. The van der Waals surface area contributed by atoms with Gasteiger partial charge < -0.3 is 10.1 Å². The number of carbonyl (C=O) groups is 1. The highest BCUT2D eigenvalue weighted by atomic mass is 32.2. The van der Waals surface area contributed by atoms with Crippen LogP contribution in [0.1, 0.15) is 10.6 Å². The molecular formula is C11H10N2O2S2. The van der Waals surface area contributed by atoms with Gasteiger partial charge in [-0.2, -0.15) is 0 Å². The molecule has 17 heavy (non-hydrogen) atoms. The Kier molecular flexibility index (Phi) is 2.68. The van der Waals surface area contributed by atoms with Crippen molar-refractivity contribution in [2.45, 2.75) is 18.0 Å². The number of carboxylic acid groups (broad SMARTS) is 1. The van der Waals surface area contributed by atoms with Crippen LogP contribution in [0.4, 0.5) is 0 Å². The van der Waals surface area contributed by atoms with Gasteiger partial charge in [-0.05, 0) is 24.3 Å². The number of aryl methyl sites for hydroxylation is 2. The molecule has 2 aromatic heterocycles. The number of nitrogens with one attached hydrogen (secondary N) is 1. The minimum absolute atomic E-state index is 0.0445. The second-order valence-corrected chi connectivity index (χ2v) is 5.77. The highest BCUT2D eigenvalue weighted by Gasteiger charge is 2.21. The first kappa shape index (κ1) is 10.9. The summed E-state index contributed by atoms with van der Waals surface area (Å²) in [5, 5.41) is 11.4. The van der Waals surface area contributed by atoms with Gasteiger partial charge in [-0.1, -0.05) is 11.8 Å². The maximum atomic E-state index is 10.5. The molecule has 0 fully saturated rings. The van der Waals surface area contributed by atoms with Gasteiger partial charge in [0.1, 0.15) is 0 Å². The van der Waals surface area contributed by atoms with Crippen molar-refractivity contribution in [3.8, 4) is 11.3 Å². The van der Waals surface area contributed by atoms with E-state index >= 15 is 0 Å². The predicted molar refractivity (Wildman–Crippen MR) is 67.7 cm³/mol. The van der Waals surface area contributed by atoms with Crippen molar-refractivity contribution >= 4 is 29.1 Å². The van der Waals surface area contributed by atoms with E-state index in [4.69, 9.17) is 5.11 Å². The maximum Gasteiger partial charge on any atom is 0.313 e. The Hall–Kier alpha value is -1.27. The zero-order valence-corrected chi connectivity index (χ0v) is 10.5. The molecule has 4 nitrogen and oxygen atoms in total. The summed E-state index contributed by atoms with van der Waals surface area (Å²) in [4.78, 5) is 19.6. The molecule has 0 aliphatic heterocycles. The zero-order valence-electron chi connectivity index (χ0n) is 8.90. The molecule has 0 bridgehead atoms. The monoisotopic (exact) mass is 266 g/mol. The number of fused-ring (bicyclic) bond motifs is 3. The van der Waals surface area contributed by atoms with Gasteiger partial charge in [0.15, 0.2) is 5.16 Å². The number of H-pyrrole nitrogens is 1. The molecule has 3 rings (SSSR count). The number of aliphatic carboxylic acids is 1. The standard InChI is InChI=1S/C11H10N2O2S2/c14-9(15)5-17-11-12-7-1-2-8-6(3-4-16-8)10(7)13-11/h3-4H,1-2,5H2,(H,12,13)(H,14,15). The van der Waals surface area contributed by atoms with Crippen LogP contribution in [0.25, 0.3) is 11.3 Å². The SMILES string of the molecule is O=C(O)CSc1nc2c([nH]1)CCc1sccc1-2. The van der Waals surface area contributed by atoms with Gasteiger partial charge >= 0.3 is 5.97 Å². The number of nitrogens with zero attached hydrogens (tertiary/aromatic N) is 1. The highest BCUT2D eigenvalue weighted by Crippen LogP contribution is 2.36. The summed E-state index contributed by atoms with van der Waals surface area (Å²) in [6, 6.07) is 2.09. The van der Waals surface area contributed by atoms with Crippen molar-refractivity contribution in [1.82, 2.24) is 9.97 Å². The van der Waals surface area contributed by atoms with Crippen molar-refractivity contribution in [2.24, 2.45) is 0 Å². The molecule has 1 aliphatic rings. The Labute approximate surface area is 106 Å². The van der Waals surface area contributed by atoms with Crippen LogP contribution in [-0.2, 0) is 17.6 Å². The van der Waals surface area contributed by atoms with Gasteiger partial charge in [-0.25, -0.2) is 4.98 Å². The van der Waals surface area contributed by atoms with E-state index in [0.29, 0.717) is 5.16 Å². The number of hydrogen-bond acceptors (Lipinski definition) is 4. The Balaban J connectivity index is 1.91. The Morgan fingerprint density at radius 3 is 3.29 bits per heavy atom. The van der Waals surface area contributed by atoms with Crippen LogP contribution in [0, 0.1) is 0 Å². The van der Waals surface area contributed by atoms with E-state index in [1.165, 1.54) is 22.2 Å². The van der Waals surface area contributed by atoms with Crippen molar-refractivity contribution in [3.63, 3.8) is 0 Å². The first-order valence-corrected chi connectivity index (χ1v) is 7.11. The molecule has 1 aliphatic carbocycles. The molecular weight excluding hydrogens is 256 g/mol. The van der Waals surface area contributed by atoms with E-state index in [9.17, 15) is 4.79 Å². The lowest BCUT2D eigenvalue weighted by Gasteiger charge is -2.09. The fraction of sp³-hybridized carbons (Fsp3) is 0.273. The topological polar surface area (TPSA) is 66.0 Å². The normalized spacial score (nSPS) is 13.2. The number of aromatic nitrogens is 2. The lowest BCUT2D eigenvalue weighted by Crippen LogP contribution is -1.99. The second-order valence-electron chi connectivity index (χ2n) is 3.81. The predicted octanol–water partition coefficient (Wildman–Crippen LogP) is 2.41. The first-order valence-electron chi connectivity index (χ1n) is 5.24. The third-order valence-corrected chi connectivity index (χ3v) is 4.53. The molecule has 0 aromatic carbocycles. The zero-order chi connectivity index (χ0) is 11.8. The van der Waals surface area contributed by atoms with E-state index in [1.54, 1.807) is 11.3 Å². The van der Waals surface area contributed by atoms with E-state index in [1.807, 2.05) is 0 Å². The van der Waals surface area contributed by atoms with E-state index in [-0.39, 0.29) is 5.75 Å². The summed E-state index contributed by atoms with van der Waals surface area (Å²) >= 11 is 3.00. The molecule has 0 amide bonds. The number of imidazole rings is 1. The first-order chi connectivity index (χ1) is 8.24. The lowest BCUT2D eigenvalue weighted by molar-refractivity contribution is -0.133. The minimum Gasteiger partial charge on any atom is -0.481 e. The van der Waals surface area contributed by atoms with Crippen molar-refractivity contribution in [3.05, 3.63) is 22.0 Å². The molecule has 0 atom stereocenters. The molecule has 0 saturated carbocycles. The van der Waals surface area contributed by atoms with Crippen LogP contribution in [0.15, 0.2) is 16.6 Å². The molecule has 6 heteroatoms. The van der Waals surface area contributed by atoms with Gasteiger partial charge in [0.25, 0.3) is 0 Å². The summed E-state index contributed by atoms with van der Waals surface area (Å²) in [7, 11) is 0. The molecule has 0 saturated heterocycles. The maximum absolute atomic E-state index is 10.5. The minimum atomic E-state index is -0.819. The van der Waals surface area contributed by atoms with Crippen LogP contribution >= 0.6 is 23.1 Å². The number of carboxylic acids is 1. The summed E-state index contributed by atoms with van der Waals surface area (Å²) in [6.45, 7) is 0. The molecule has 0 radical (unpaired) electrons. The number of aromatic amines is 1. The van der Waals surface area contributed by atoms with Gasteiger partial charge in [0.05, 0.1) is 11.4 Å². The van der Waals surface area contributed by atoms with E-state index < -0.39 is 5.97 Å². The largest absolute Gasteiger partial charge is 0.481 e. The average Bonchev–Trinajstić information content (AvgIpc) is 2.91. The van der Waals surface area contributed by atoms with E-state index in [2.05, 4.69) is 21.4 Å². The van der Waals surface area contributed by atoms with Crippen LogP contribution in [0.5, 0.6) is 0 Å². The van der Waals surface area contributed by atoms with Gasteiger partial charge in [-0.3, -0.25) is 4.79 Å². The van der Waals surface area contributed by atoms with Crippen molar-refractivity contribution in [1.29, 1.82) is 0 Å². The highest BCUT2D eigenvalue weighted by molar-refractivity contribution is 7.99. The number of thioether (sulfide) groups is 1. The van der Waals surface area contributed by atoms with Gasteiger partial charge in [-0.15, -0.1) is 11.3 Å². The van der Waals surface area contributed by atoms with Crippen LogP contribution < -0.4 is 0 Å². The molecule has 2 aromatic rings. The van der Waals surface area contributed by atoms with Gasteiger partial charge in [0, 0.05) is 16.1 Å². The summed E-state index contributed by atoms with van der Waals surface area (Å²) < 4.78 is 0. The fourth-order valence-corrected chi connectivity index (χ4v) is 3.46. The molecule has 2 heterocycles. The number of hydrogen-bond donors (Lipinski definition) is 2. The van der Waals surface area contributed by atoms with Crippen LogP contribution in [-0.4, -0.2) is 26.8 Å². The molecule has 2 N–H and O–H groups in total. The van der Waals surface area contributed by atoms with Crippen LogP contribution in [0.2, 0.25) is 0 Å².